The van der Waals surface area contributed by atoms with Crippen LogP contribution in [-0.4, -0.2) is 4.98 Å². The first-order valence-electron chi connectivity index (χ1n) is 6.03. The molecule has 0 aliphatic carbocycles. The van der Waals surface area contributed by atoms with Gasteiger partial charge in [0.1, 0.15) is 0 Å². The van der Waals surface area contributed by atoms with Crippen molar-refractivity contribution >= 4 is 5.69 Å². The van der Waals surface area contributed by atoms with Crippen LogP contribution < -0.4 is 5.32 Å². The standard InChI is InChI=1S/C15H18N2/c1-3-13-7-4-5-8-14(13)11-17-15-9-6-10-16-12(15)2/h4-10,17H,3,11H2,1-2H3. The van der Waals surface area contributed by atoms with E-state index in [9.17, 15) is 0 Å². The van der Waals surface area contributed by atoms with Crippen molar-refractivity contribution in [3.8, 4) is 0 Å². The van der Waals surface area contributed by atoms with Crippen LogP contribution in [0.15, 0.2) is 42.6 Å². The number of pyridine rings is 1. The average Bonchev–Trinajstić information content (AvgIpc) is 2.38. The number of hydrogen-bond donors (Lipinski definition) is 1. The van der Waals surface area contributed by atoms with Gasteiger partial charge in [0.15, 0.2) is 0 Å². The van der Waals surface area contributed by atoms with E-state index in [0.717, 1.165) is 24.3 Å². The number of hydrogen-bond acceptors (Lipinski definition) is 2. The molecule has 0 spiro atoms. The Morgan fingerprint density at radius 3 is 2.53 bits per heavy atom. The highest BCUT2D eigenvalue weighted by molar-refractivity contribution is 5.47. The Morgan fingerprint density at radius 2 is 1.82 bits per heavy atom. The molecular formula is C15H18N2. The molecule has 0 saturated heterocycles. The summed E-state index contributed by atoms with van der Waals surface area (Å²) in [7, 11) is 0. The summed E-state index contributed by atoms with van der Waals surface area (Å²) in [5.74, 6) is 0. The predicted octanol–water partition coefficient (Wildman–Crippen LogP) is 3.56. The summed E-state index contributed by atoms with van der Waals surface area (Å²) >= 11 is 0. The highest BCUT2D eigenvalue weighted by Crippen LogP contribution is 2.14. The number of anilines is 1. The normalized spacial score (nSPS) is 10.2. The van der Waals surface area contributed by atoms with Gasteiger partial charge in [-0.2, -0.15) is 0 Å². The Hall–Kier alpha value is -1.83. The third-order valence-corrected chi connectivity index (χ3v) is 2.98. The van der Waals surface area contributed by atoms with Gasteiger partial charge in [-0.15, -0.1) is 0 Å². The lowest BCUT2D eigenvalue weighted by Crippen LogP contribution is -2.04. The van der Waals surface area contributed by atoms with Gasteiger partial charge >= 0.3 is 0 Å². The second-order valence-electron chi connectivity index (χ2n) is 4.11. The van der Waals surface area contributed by atoms with Crippen LogP contribution >= 0.6 is 0 Å². The first-order chi connectivity index (χ1) is 8.31. The van der Waals surface area contributed by atoms with E-state index in [1.54, 1.807) is 0 Å². The minimum Gasteiger partial charge on any atom is -0.379 e. The SMILES string of the molecule is CCc1ccccc1CNc1cccnc1C. The van der Waals surface area contributed by atoms with Crippen LogP contribution in [0.1, 0.15) is 23.7 Å². The fourth-order valence-electron chi connectivity index (χ4n) is 1.94. The zero-order chi connectivity index (χ0) is 12.1. The maximum Gasteiger partial charge on any atom is 0.0603 e. The Balaban J connectivity index is 2.10. The Bertz CT molecular complexity index is 492. The Kier molecular flexibility index (Phi) is 3.76. The molecule has 1 heterocycles. The molecule has 0 atom stereocenters. The molecule has 0 radical (unpaired) electrons. The largest absolute Gasteiger partial charge is 0.379 e. The summed E-state index contributed by atoms with van der Waals surface area (Å²) in [4.78, 5) is 4.27. The van der Waals surface area contributed by atoms with Crippen LogP contribution in [0.3, 0.4) is 0 Å². The molecule has 2 rings (SSSR count). The maximum atomic E-state index is 4.27. The second-order valence-corrected chi connectivity index (χ2v) is 4.11. The molecule has 2 heteroatoms. The van der Waals surface area contributed by atoms with Crippen molar-refractivity contribution in [3.05, 3.63) is 59.4 Å². The van der Waals surface area contributed by atoms with Gasteiger partial charge in [0.05, 0.1) is 11.4 Å². The minimum absolute atomic E-state index is 0.858. The van der Waals surface area contributed by atoms with Gasteiger partial charge in [0.2, 0.25) is 0 Å². The van der Waals surface area contributed by atoms with Gasteiger partial charge in [0, 0.05) is 12.7 Å². The number of nitrogens with zero attached hydrogens (tertiary/aromatic N) is 1. The third-order valence-electron chi connectivity index (χ3n) is 2.98. The molecule has 0 fully saturated rings. The highest BCUT2D eigenvalue weighted by atomic mass is 14.9. The van der Waals surface area contributed by atoms with Crippen LogP contribution in [0.2, 0.25) is 0 Å². The third kappa shape index (κ3) is 2.84. The molecule has 88 valence electrons. The van der Waals surface area contributed by atoms with Gasteiger partial charge in [0.25, 0.3) is 0 Å². The lowest BCUT2D eigenvalue weighted by atomic mass is 10.1. The van der Waals surface area contributed by atoms with Crippen molar-refractivity contribution in [2.45, 2.75) is 26.8 Å². The zero-order valence-electron chi connectivity index (χ0n) is 10.4. The van der Waals surface area contributed by atoms with Crippen LogP contribution in [0.5, 0.6) is 0 Å². The fourth-order valence-corrected chi connectivity index (χ4v) is 1.94. The van der Waals surface area contributed by atoms with E-state index in [1.807, 2.05) is 19.2 Å². The van der Waals surface area contributed by atoms with Crippen LogP contribution in [-0.2, 0) is 13.0 Å². The Labute approximate surface area is 103 Å². The van der Waals surface area contributed by atoms with E-state index in [2.05, 4.69) is 47.6 Å². The summed E-state index contributed by atoms with van der Waals surface area (Å²) in [6.07, 6.45) is 2.89. The van der Waals surface area contributed by atoms with E-state index in [-0.39, 0.29) is 0 Å². The summed E-state index contributed by atoms with van der Waals surface area (Å²) in [5.41, 5.74) is 4.92. The lowest BCUT2D eigenvalue weighted by molar-refractivity contribution is 1.04. The fraction of sp³-hybridized carbons (Fsp3) is 0.267. The number of aryl methyl sites for hydroxylation is 2. The zero-order valence-corrected chi connectivity index (χ0v) is 10.4. The molecule has 2 nitrogen and oxygen atoms in total. The number of benzene rings is 1. The van der Waals surface area contributed by atoms with Gasteiger partial charge in [-0.25, -0.2) is 0 Å². The molecule has 1 aromatic heterocycles. The highest BCUT2D eigenvalue weighted by Gasteiger charge is 2.01. The first kappa shape index (κ1) is 11.6. The van der Waals surface area contributed by atoms with Crippen molar-refractivity contribution in [1.29, 1.82) is 0 Å². The molecule has 0 aliphatic rings. The van der Waals surface area contributed by atoms with Crippen LogP contribution in [0.4, 0.5) is 5.69 Å². The first-order valence-corrected chi connectivity index (χ1v) is 6.03. The van der Waals surface area contributed by atoms with E-state index in [0.29, 0.717) is 0 Å². The molecule has 0 bridgehead atoms. The Morgan fingerprint density at radius 1 is 1.06 bits per heavy atom. The molecule has 1 N–H and O–H groups in total. The van der Waals surface area contributed by atoms with E-state index >= 15 is 0 Å². The van der Waals surface area contributed by atoms with Gasteiger partial charge in [-0.1, -0.05) is 31.2 Å². The van der Waals surface area contributed by atoms with Crippen molar-refractivity contribution in [2.75, 3.05) is 5.32 Å². The van der Waals surface area contributed by atoms with E-state index in [4.69, 9.17) is 0 Å². The van der Waals surface area contributed by atoms with Crippen molar-refractivity contribution in [3.63, 3.8) is 0 Å². The molecule has 1 aromatic carbocycles. The van der Waals surface area contributed by atoms with Crippen molar-refractivity contribution < 1.29 is 0 Å². The average molecular weight is 226 g/mol. The summed E-state index contributed by atoms with van der Waals surface area (Å²) in [6.45, 7) is 5.07. The molecule has 0 aliphatic heterocycles. The van der Waals surface area contributed by atoms with Crippen molar-refractivity contribution in [1.82, 2.24) is 4.98 Å². The monoisotopic (exact) mass is 226 g/mol. The van der Waals surface area contributed by atoms with Gasteiger partial charge in [-0.3, -0.25) is 4.98 Å². The predicted molar refractivity (Wildman–Crippen MR) is 72.1 cm³/mol. The number of rotatable bonds is 4. The molecular weight excluding hydrogens is 208 g/mol. The lowest BCUT2D eigenvalue weighted by Gasteiger charge is -2.11. The maximum absolute atomic E-state index is 4.27. The van der Waals surface area contributed by atoms with Crippen molar-refractivity contribution in [2.24, 2.45) is 0 Å². The molecule has 2 aromatic rings. The van der Waals surface area contributed by atoms with Crippen LogP contribution in [0, 0.1) is 6.92 Å². The molecule has 17 heavy (non-hydrogen) atoms. The molecule has 0 amide bonds. The summed E-state index contributed by atoms with van der Waals surface area (Å²) in [6, 6.07) is 12.6. The van der Waals surface area contributed by atoms with Gasteiger partial charge in [-0.05, 0) is 36.6 Å². The topological polar surface area (TPSA) is 24.9 Å². The minimum atomic E-state index is 0.858. The second kappa shape index (κ2) is 5.48. The summed E-state index contributed by atoms with van der Waals surface area (Å²) in [5, 5.41) is 3.44. The van der Waals surface area contributed by atoms with E-state index < -0.39 is 0 Å². The molecule has 0 saturated carbocycles. The molecule has 0 unspecified atom stereocenters. The summed E-state index contributed by atoms with van der Waals surface area (Å²) < 4.78 is 0. The van der Waals surface area contributed by atoms with Crippen LogP contribution in [0.25, 0.3) is 0 Å². The van der Waals surface area contributed by atoms with Gasteiger partial charge < -0.3 is 5.32 Å². The van der Waals surface area contributed by atoms with E-state index in [1.165, 1.54) is 11.1 Å². The number of aromatic nitrogens is 1. The quantitative estimate of drug-likeness (QED) is 0.862. The smallest absolute Gasteiger partial charge is 0.0603 e. The number of nitrogens with one attached hydrogen (secondary N) is 1.